The van der Waals surface area contributed by atoms with Crippen molar-refractivity contribution in [3.05, 3.63) is 65.1 Å². The smallest absolute Gasteiger partial charge is 0.270 e. The maximum Gasteiger partial charge on any atom is 0.270 e. The number of likely N-dealkylation sites (tertiary alicyclic amines) is 1. The molecule has 4 aromatic rings. The Morgan fingerprint density at radius 2 is 1.82 bits per heavy atom. The number of nitrogens with zero attached hydrogens (tertiary/aromatic N) is 2. The molecule has 1 aliphatic heterocycles. The van der Waals surface area contributed by atoms with E-state index in [2.05, 4.69) is 42.0 Å². The Kier molecular flexibility index (Phi) is 3.97. The summed E-state index contributed by atoms with van der Waals surface area (Å²) in [7, 11) is 0. The summed E-state index contributed by atoms with van der Waals surface area (Å²) in [5.41, 5.74) is 6.23. The van der Waals surface area contributed by atoms with Gasteiger partial charge < -0.3 is 14.9 Å². The number of aromatic nitrogens is 3. The summed E-state index contributed by atoms with van der Waals surface area (Å²) in [6.07, 6.45) is 1.87. The predicted molar refractivity (Wildman–Crippen MR) is 112 cm³/mol. The number of aryl methyl sites for hydroxylation is 2. The van der Waals surface area contributed by atoms with Crippen molar-refractivity contribution in [2.45, 2.75) is 32.6 Å². The molecule has 2 N–H and O–H groups in total. The van der Waals surface area contributed by atoms with E-state index in [1.807, 2.05) is 29.2 Å². The van der Waals surface area contributed by atoms with E-state index in [0.29, 0.717) is 11.6 Å². The van der Waals surface area contributed by atoms with Crippen LogP contribution in [0.4, 0.5) is 0 Å². The molecule has 0 atom stereocenters. The van der Waals surface area contributed by atoms with Gasteiger partial charge in [0.1, 0.15) is 11.5 Å². The van der Waals surface area contributed by atoms with Crippen LogP contribution in [0.1, 0.15) is 46.2 Å². The molecule has 5 rings (SSSR count). The van der Waals surface area contributed by atoms with Crippen LogP contribution >= 0.6 is 0 Å². The van der Waals surface area contributed by atoms with Crippen molar-refractivity contribution in [2.24, 2.45) is 0 Å². The first kappa shape index (κ1) is 17.0. The van der Waals surface area contributed by atoms with Crippen LogP contribution in [0.3, 0.4) is 0 Å². The molecule has 1 fully saturated rings. The van der Waals surface area contributed by atoms with E-state index in [4.69, 9.17) is 4.98 Å². The summed E-state index contributed by atoms with van der Waals surface area (Å²) in [6, 6.07) is 14.4. The SMILES string of the molecule is Cc1cc(C)c2cc(C(=O)N3CCC(c4nc5ccccc5[nH]4)CC3)[nH]c2c1. The Balaban J connectivity index is 1.32. The number of carbonyl (C=O) groups is 1. The van der Waals surface area contributed by atoms with Crippen LogP contribution in [0, 0.1) is 13.8 Å². The van der Waals surface area contributed by atoms with E-state index in [9.17, 15) is 4.79 Å². The number of hydrogen-bond acceptors (Lipinski definition) is 2. The molecule has 3 heterocycles. The first-order valence-corrected chi connectivity index (χ1v) is 9.92. The molecule has 1 amide bonds. The molecule has 0 unspecified atom stereocenters. The highest BCUT2D eigenvalue weighted by atomic mass is 16.2. The second kappa shape index (κ2) is 6.51. The van der Waals surface area contributed by atoms with Gasteiger partial charge in [-0.25, -0.2) is 4.98 Å². The summed E-state index contributed by atoms with van der Waals surface area (Å²) >= 11 is 0. The molecule has 142 valence electrons. The number of fused-ring (bicyclic) bond motifs is 2. The third-order valence-corrected chi connectivity index (χ3v) is 5.90. The van der Waals surface area contributed by atoms with E-state index in [1.165, 1.54) is 11.1 Å². The molecule has 0 radical (unpaired) electrons. The van der Waals surface area contributed by atoms with Gasteiger partial charge in [0, 0.05) is 29.9 Å². The summed E-state index contributed by atoms with van der Waals surface area (Å²) < 4.78 is 0. The quantitative estimate of drug-likeness (QED) is 0.536. The average Bonchev–Trinajstić information content (AvgIpc) is 3.32. The fourth-order valence-electron chi connectivity index (χ4n) is 4.41. The summed E-state index contributed by atoms with van der Waals surface area (Å²) in [5.74, 6) is 1.52. The van der Waals surface area contributed by atoms with Gasteiger partial charge in [-0.15, -0.1) is 0 Å². The van der Waals surface area contributed by atoms with Crippen LogP contribution in [0.2, 0.25) is 0 Å². The number of piperidine rings is 1. The van der Waals surface area contributed by atoms with E-state index in [0.717, 1.165) is 53.7 Å². The van der Waals surface area contributed by atoms with Crippen molar-refractivity contribution in [2.75, 3.05) is 13.1 Å². The molecule has 0 spiro atoms. The van der Waals surface area contributed by atoms with Crippen molar-refractivity contribution in [3.8, 4) is 0 Å². The van der Waals surface area contributed by atoms with Crippen molar-refractivity contribution < 1.29 is 4.79 Å². The van der Waals surface area contributed by atoms with Gasteiger partial charge in [0.05, 0.1) is 11.0 Å². The number of H-pyrrole nitrogens is 2. The molecule has 5 heteroatoms. The molecule has 2 aromatic carbocycles. The third kappa shape index (κ3) is 2.87. The molecule has 0 aliphatic carbocycles. The number of para-hydroxylation sites is 2. The fourth-order valence-corrected chi connectivity index (χ4v) is 4.41. The minimum atomic E-state index is 0.0938. The first-order chi connectivity index (χ1) is 13.6. The van der Waals surface area contributed by atoms with E-state index in [1.54, 1.807) is 0 Å². The van der Waals surface area contributed by atoms with Gasteiger partial charge >= 0.3 is 0 Å². The molecule has 5 nitrogen and oxygen atoms in total. The molecule has 2 aromatic heterocycles. The third-order valence-electron chi connectivity index (χ3n) is 5.90. The van der Waals surface area contributed by atoms with Gasteiger partial charge in [0.15, 0.2) is 0 Å². The topological polar surface area (TPSA) is 64.8 Å². The minimum absolute atomic E-state index is 0.0938. The number of nitrogens with one attached hydrogen (secondary N) is 2. The number of carbonyl (C=O) groups excluding carboxylic acids is 1. The zero-order valence-electron chi connectivity index (χ0n) is 16.2. The summed E-state index contributed by atoms with van der Waals surface area (Å²) in [4.78, 5) is 26.5. The summed E-state index contributed by atoms with van der Waals surface area (Å²) in [5, 5.41) is 1.13. The lowest BCUT2D eigenvalue weighted by atomic mass is 9.96. The highest BCUT2D eigenvalue weighted by molar-refractivity contribution is 5.99. The van der Waals surface area contributed by atoms with E-state index in [-0.39, 0.29) is 5.91 Å². The van der Waals surface area contributed by atoms with Gasteiger partial charge in [-0.1, -0.05) is 18.2 Å². The van der Waals surface area contributed by atoms with Crippen LogP contribution in [0.15, 0.2) is 42.5 Å². The lowest BCUT2D eigenvalue weighted by Crippen LogP contribution is -2.38. The maximum atomic E-state index is 13.0. The van der Waals surface area contributed by atoms with Crippen LogP contribution in [-0.4, -0.2) is 38.8 Å². The van der Waals surface area contributed by atoms with Gasteiger partial charge in [-0.2, -0.15) is 0 Å². The highest BCUT2D eigenvalue weighted by Gasteiger charge is 2.27. The zero-order chi connectivity index (χ0) is 19.3. The molecular formula is C23H24N4O. The normalized spacial score (nSPS) is 15.6. The molecule has 1 aliphatic rings. The summed E-state index contributed by atoms with van der Waals surface area (Å²) in [6.45, 7) is 5.69. The lowest BCUT2D eigenvalue weighted by molar-refractivity contribution is 0.0706. The van der Waals surface area contributed by atoms with Crippen molar-refractivity contribution in [3.63, 3.8) is 0 Å². The molecular weight excluding hydrogens is 348 g/mol. The largest absolute Gasteiger partial charge is 0.351 e. The van der Waals surface area contributed by atoms with E-state index < -0.39 is 0 Å². The number of rotatable bonds is 2. The standard InChI is InChI=1S/C23H24N4O/c1-14-11-15(2)17-13-21(24-20(17)12-14)23(28)27-9-7-16(8-10-27)22-25-18-5-3-4-6-19(18)26-22/h3-6,11-13,16,24H,7-10H2,1-2H3,(H,25,26). The lowest BCUT2D eigenvalue weighted by Gasteiger charge is -2.30. The molecule has 0 saturated carbocycles. The van der Waals surface area contributed by atoms with Gasteiger partial charge in [-0.05, 0) is 62.1 Å². The Morgan fingerprint density at radius 1 is 1.04 bits per heavy atom. The predicted octanol–water partition coefficient (Wildman–Crippen LogP) is 4.68. The monoisotopic (exact) mass is 372 g/mol. The Bertz CT molecular complexity index is 1140. The van der Waals surface area contributed by atoms with E-state index >= 15 is 0 Å². The molecule has 28 heavy (non-hydrogen) atoms. The first-order valence-electron chi connectivity index (χ1n) is 9.92. The van der Waals surface area contributed by atoms with Gasteiger partial charge in [0.2, 0.25) is 0 Å². The Hall–Kier alpha value is -3.08. The molecule has 0 bridgehead atoms. The number of aromatic amines is 2. The number of amides is 1. The Morgan fingerprint density at radius 3 is 2.61 bits per heavy atom. The fraction of sp³-hybridized carbons (Fsp3) is 0.304. The van der Waals surface area contributed by atoms with Crippen LogP contribution in [0.25, 0.3) is 21.9 Å². The van der Waals surface area contributed by atoms with Crippen molar-refractivity contribution in [1.29, 1.82) is 0 Å². The number of hydrogen-bond donors (Lipinski definition) is 2. The van der Waals surface area contributed by atoms with Gasteiger partial charge in [-0.3, -0.25) is 4.79 Å². The molecule has 1 saturated heterocycles. The zero-order valence-corrected chi connectivity index (χ0v) is 16.2. The second-order valence-electron chi connectivity index (χ2n) is 7.93. The minimum Gasteiger partial charge on any atom is -0.351 e. The maximum absolute atomic E-state index is 13.0. The van der Waals surface area contributed by atoms with Crippen molar-refractivity contribution >= 4 is 27.8 Å². The number of imidazole rings is 1. The highest BCUT2D eigenvalue weighted by Crippen LogP contribution is 2.29. The number of benzene rings is 2. The van der Waals surface area contributed by atoms with Crippen LogP contribution in [0.5, 0.6) is 0 Å². The van der Waals surface area contributed by atoms with Crippen molar-refractivity contribution in [1.82, 2.24) is 19.9 Å². The second-order valence-corrected chi connectivity index (χ2v) is 7.93. The van der Waals surface area contributed by atoms with Gasteiger partial charge in [0.25, 0.3) is 5.91 Å². The van der Waals surface area contributed by atoms with Crippen LogP contribution in [-0.2, 0) is 0 Å². The Labute approximate surface area is 163 Å². The average molecular weight is 372 g/mol. The van der Waals surface area contributed by atoms with Crippen LogP contribution < -0.4 is 0 Å².